The average molecular weight is 348 g/mol. The van der Waals surface area contributed by atoms with Crippen molar-refractivity contribution >= 4 is 40.9 Å². The standard InChI is InChI=1S/C14H19Cl2N3OS/c15-12-2-1-11(13(16)9-12)10-20-6-3-18-14(17)19-4-7-21-8-5-19/h1-2,9H,3-8,10H2,(H2,17,18). The van der Waals surface area contributed by atoms with Gasteiger partial charge >= 0.3 is 0 Å². The number of hydrogen-bond acceptors (Lipinski definition) is 3. The van der Waals surface area contributed by atoms with Crippen LogP contribution in [-0.4, -0.2) is 48.6 Å². The van der Waals surface area contributed by atoms with Crippen LogP contribution in [0.2, 0.25) is 10.0 Å². The van der Waals surface area contributed by atoms with Crippen molar-refractivity contribution in [2.45, 2.75) is 6.61 Å². The van der Waals surface area contributed by atoms with E-state index in [0.717, 1.165) is 30.2 Å². The number of nitrogens with zero attached hydrogens (tertiary/aromatic N) is 2. The Morgan fingerprint density at radius 1 is 1.33 bits per heavy atom. The lowest BCUT2D eigenvalue weighted by molar-refractivity contribution is 0.128. The summed E-state index contributed by atoms with van der Waals surface area (Å²) in [5, 5.41) is 1.25. The molecule has 1 aliphatic rings. The number of rotatable bonds is 5. The van der Waals surface area contributed by atoms with E-state index in [1.807, 2.05) is 17.8 Å². The van der Waals surface area contributed by atoms with Crippen LogP contribution in [0.15, 0.2) is 23.2 Å². The molecule has 0 aliphatic carbocycles. The normalized spacial score (nSPS) is 16.3. The molecule has 0 amide bonds. The molecule has 0 atom stereocenters. The van der Waals surface area contributed by atoms with Gasteiger partial charge in [0.05, 0.1) is 19.8 Å². The summed E-state index contributed by atoms with van der Waals surface area (Å²) in [6, 6.07) is 5.39. The molecular weight excluding hydrogens is 329 g/mol. The van der Waals surface area contributed by atoms with Gasteiger partial charge < -0.3 is 15.4 Å². The van der Waals surface area contributed by atoms with Crippen LogP contribution < -0.4 is 5.73 Å². The van der Waals surface area contributed by atoms with E-state index in [0.29, 0.717) is 35.8 Å². The van der Waals surface area contributed by atoms with E-state index in [1.165, 1.54) is 0 Å². The molecule has 0 saturated carbocycles. The number of guanidine groups is 1. The minimum atomic E-state index is 0.450. The van der Waals surface area contributed by atoms with Crippen molar-refractivity contribution in [1.29, 1.82) is 0 Å². The monoisotopic (exact) mass is 347 g/mol. The SMILES string of the molecule is NC(=NCCOCc1ccc(Cl)cc1Cl)N1CCSCC1. The maximum absolute atomic E-state index is 6.07. The average Bonchev–Trinajstić information content (AvgIpc) is 2.49. The zero-order valence-corrected chi connectivity index (χ0v) is 14.1. The van der Waals surface area contributed by atoms with Gasteiger partial charge in [0, 0.05) is 34.6 Å². The number of aliphatic imine (C=N–C) groups is 1. The molecule has 1 heterocycles. The number of thioether (sulfide) groups is 1. The topological polar surface area (TPSA) is 50.9 Å². The molecule has 1 saturated heterocycles. The highest BCUT2D eigenvalue weighted by molar-refractivity contribution is 7.99. The molecule has 116 valence electrons. The van der Waals surface area contributed by atoms with Gasteiger partial charge in [0.2, 0.25) is 0 Å². The fourth-order valence-electron chi connectivity index (χ4n) is 1.94. The molecule has 1 aromatic rings. The molecule has 0 radical (unpaired) electrons. The summed E-state index contributed by atoms with van der Waals surface area (Å²) in [6.45, 7) is 3.47. The molecule has 1 fully saturated rings. The Labute approximate surface area is 139 Å². The number of benzene rings is 1. The summed E-state index contributed by atoms with van der Waals surface area (Å²) in [6.07, 6.45) is 0. The van der Waals surface area contributed by atoms with Crippen molar-refractivity contribution in [1.82, 2.24) is 4.90 Å². The van der Waals surface area contributed by atoms with Gasteiger partial charge in [0.25, 0.3) is 0 Å². The van der Waals surface area contributed by atoms with E-state index in [4.69, 9.17) is 33.7 Å². The molecular formula is C14H19Cl2N3OS. The highest BCUT2D eigenvalue weighted by Crippen LogP contribution is 2.21. The zero-order chi connectivity index (χ0) is 15.1. The van der Waals surface area contributed by atoms with E-state index in [1.54, 1.807) is 12.1 Å². The maximum Gasteiger partial charge on any atom is 0.191 e. The molecule has 2 rings (SSSR count). The number of hydrogen-bond donors (Lipinski definition) is 1. The summed E-state index contributed by atoms with van der Waals surface area (Å²) in [7, 11) is 0. The third kappa shape index (κ3) is 5.58. The Bertz CT molecular complexity index is 493. The van der Waals surface area contributed by atoms with Gasteiger partial charge in [-0.25, -0.2) is 0 Å². The van der Waals surface area contributed by atoms with E-state index in [2.05, 4.69) is 9.89 Å². The third-order valence-corrected chi connectivity index (χ3v) is 4.65. The van der Waals surface area contributed by atoms with E-state index < -0.39 is 0 Å². The predicted octanol–water partition coefficient (Wildman–Crippen LogP) is 2.87. The number of nitrogens with two attached hydrogens (primary N) is 1. The Hall–Kier alpha value is -0.620. The fourth-order valence-corrected chi connectivity index (χ4v) is 3.30. The molecule has 0 aromatic heterocycles. The van der Waals surface area contributed by atoms with Crippen molar-refractivity contribution < 1.29 is 4.74 Å². The number of ether oxygens (including phenoxy) is 1. The van der Waals surface area contributed by atoms with Gasteiger partial charge in [-0.3, -0.25) is 4.99 Å². The highest BCUT2D eigenvalue weighted by Gasteiger charge is 2.11. The molecule has 0 spiro atoms. The quantitative estimate of drug-likeness (QED) is 0.505. The molecule has 0 unspecified atom stereocenters. The summed E-state index contributed by atoms with van der Waals surface area (Å²) >= 11 is 13.9. The largest absolute Gasteiger partial charge is 0.375 e. The smallest absolute Gasteiger partial charge is 0.191 e. The fraction of sp³-hybridized carbons (Fsp3) is 0.500. The second-order valence-electron chi connectivity index (χ2n) is 4.63. The van der Waals surface area contributed by atoms with Crippen LogP contribution in [0, 0.1) is 0 Å². The van der Waals surface area contributed by atoms with Crippen LogP contribution in [-0.2, 0) is 11.3 Å². The van der Waals surface area contributed by atoms with Gasteiger partial charge in [-0.05, 0) is 17.7 Å². The van der Waals surface area contributed by atoms with Crippen LogP contribution in [0.4, 0.5) is 0 Å². The van der Waals surface area contributed by atoms with E-state index in [9.17, 15) is 0 Å². The second kappa shape index (κ2) is 8.73. The van der Waals surface area contributed by atoms with Crippen LogP contribution in [0.1, 0.15) is 5.56 Å². The van der Waals surface area contributed by atoms with Crippen molar-refractivity contribution in [3.8, 4) is 0 Å². The lowest BCUT2D eigenvalue weighted by Gasteiger charge is -2.27. The second-order valence-corrected chi connectivity index (χ2v) is 6.70. The first-order valence-corrected chi connectivity index (χ1v) is 8.72. The Morgan fingerprint density at radius 2 is 2.10 bits per heavy atom. The van der Waals surface area contributed by atoms with Crippen LogP contribution in [0.5, 0.6) is 0 Å². The summed E-state index contributed by atoms with van der Waals surface area (Å²) in [4.78, 5) is 6.47. The minimum absolute atomic E-state index is 0.450. The van der Waals surface area contributed by atoms with Gasteiger partial charge in [0.1, 0.15) is 0 Å². The minimum Gasteiger partial charge on any atom is -0.375 e. The molecule has 2 N–H and O–H groups in total. The highest BCUT2D eigenvalue weighted by atomic mass is 35.5. The lowest BCUT2D eigenvalue weighted by Crippen LogP contribution is -2.42. The predicted molar refractivity (Wildman–Crippen MR) is 91.5 cm³/mol. The van der Waals surface area contributed by atoms with Crippen molar-refractivity contribution in [2.24, 2.45) is 10.7 Å². The summed E-state index contributed by atoms with van der Waals surface area (Å²) < 4.78 is 5.57. The van der Waals surface area contributed by atoms with Crippen LogP contribution in [0.25, 0.3) is 0 Å². The summed E-state index contributed by atoms with van der Waals surface area (Å²) in [5.41, 5.74) is 6.88. The van der Waals surface area contributed by atoms with Crippen molar-refractivity contribution in [3.05, 3.63) is 33.8 Å². The Kier molecular flexibility index (Phi) is 6.96. The first kappa shape index (κ1) is 16.7. The van der Waals surface area contributed by atoms with Crippen molar-refractivity contribution in [3.63, 3.8) is 0 Å². The zero-order valence-electron chi connectivity index (χ0n) is 11.7. The Balaban J connectivity index is 1.69. The van der Waals surface area contributed by atoms with Gasteiger partial charge in [-0.2, -0.15) is 11.8 Å². The molecule has 4 nitrogen and oxygen atoms in total. The molecule has 21 heavy (non-hydrogen) atoms. The molecule has 1 aromatic carbocycles. The molecule has 1 aliphatic heterocycles. The maximum atomic E-state index is 6.07. The molecule has 7 heteroatoms. The van der Waals surface area contributed by atoms with Crippen LogP contribution >= 0.6 is 35.0 Å². The Morgan fingerprint density at radius 3 is 2.81 bits per heavy atom. The van der Waals surface area contributed by atoms with Gasteiger partial charge in [-0.1, -0.05) is 29.3 Å². The van der Waals surface area contributed by atoms with E-state index >= 15 is 0 Å². The first-order chi connectivity index (χ1) is 10.2. The summed E-state index contributed by atoms with van der Waals surface area (Å²) in [5.74, 6) is 2.84. The van der Waals surface area contributed by atoms with E-state index in [-0.39, 0.29) is 0 Å². The van der Waals surface area contributed by atoms with Gasteiger partial charge in [-0.15, -0.1) is 0 Å². The molecule has 0 bridgehead atoms. The van der Waals surface area contributed by atoms with Gasteiger partial charge in [0.15, 0.2) is 5.96 Å². The lowest BCUT2D eigenvalue weighted by atomic mass is 10.2. The van der Waals surface area contributed by atoms with Crippen molar-refractivity contribution in [2.75, 3.05) is 37.7 Å². The first-order valence-electron chi connectivity index (χ1n) is 6.81. The number of halogens is 2. The van der Waals surface area contributed by atoms with Crippen LogP contribution in [0.3, 0.4) is 0 Å². The third-order valence-electron chi connectivity index (χ3n) is 3.12.